The van der Waals surface area contributed by atoms with Crippen molar-refractivity contribution in [3.63, 3.8) is 0 Å². The molecule has 5 nitrogen and oxygen atoms in total. The molecule has 0 spiro atoms. The minimum absolute atomic E-state index is 0.398. The van der Waals surface area contributed by atoms with Gasteiger partial charge in [-0.1, -0.05) is 48.5 Å². The van der Waals surface area contributed by atoms with Crippen LogP contribution in [0.25, 0.3) is 11.4 Å². The Balaban J connectivity index is 1.66. The van der Waals surface area contributed by atoms with Crippen molar-refractivity contribution in [2.45, 2.75) is 0 Å². The largest absolute Gasteiger partial charge is 0.418 e. The number of nitrogens with one attached hydrogen (secondary N) is 1. The third-order valence-electron chi connectivity index (χ3n) is 2.62. The van der Waals surface area contributed by atoms with Crippen molar-refractivity contribution in [3.05, 3.63) is 60.7 Å². The molecule has 0 aliphatic heterocycles. The molecule has 0 aliphatic carbocycles. The molecule has 1 heterocycles. The van der Waals surface area contributed by atoms with Gasteiger partial charge in [0.2, 0.25) is 5.13 Å². The van der Waals surface area contributed by atoms with E-state index >= 15 is 0 Å². The SMILES string of the molecule is O=C(Nc1nc(-c2ccccc2)ns1)Oc1ccccc1. The molecular weight excluding hydrogens is 286 g/mol. The number of amides is 1. The first-order valence-electron chi connectivity index (χ1n) is 6.24. The van der Waals surface area contributed by atoms with Crippen molar-refractivity contribution < 1.29 is 9.53 Å². The summed E-state index contributed by atoms with van der Waals surface area (Å²) in [6, 6.07) is 18.4. The van der Waals surface area contributed by atoms with E-state index in [2.05, 4.69) is 14.7 Å². The van der Waals surface area contributed by atoms with E-state index in [9.17, 15) is 4.79 Å². The third-order valence-corrected chi connectivity index (χ3v) is 3.25. The van der Waals surface area contributed by atoms with Crippen LogP contribution in [-0.2, 0) is 0 Å². The van der Waals surface area contributed by atoms with Crippen molar-refractivity contribution in [2.24, 2.45) is 0 Å². The maximum atomic E-state index is 11.7. The lowest BCUT2D eigenvalue weighted by molar-refractivity contribution is 0.215. The molecule has 0 fully saturated rings. The molecule has 6 heteroatoms. The first-order chi connectivity index (χ1) is 10.3. The summed E-state index contributed by atoms with van der Waals surface area (Å²) in [4.78, 5) is 16.0. The highest BCUT2D eigenvalue weighted by molar-refractivity contribution is 7.10. The van der Waals surface area contributed by atoms with E-state index in [4.69, 9.17) is 4.74 Å². The Labute approximate surface area is 125 Å². The monoisotopic (exact) mass is 297 g/mol. The first kappa shape index (κ1) is 13.3. The zero-order valence-corrected chi connectivity index (χ0v) is 11.7. The van der Waals surface area contributed by atoms with Gasteiger partial charge in [0.15, 0.2) is 5.82 Å². The lowest BCUT2D eigenvalue weighted by Gasteiger charge is -2.02. The van der Waals surface area contributed by atoms with Gasteiger partial charge in [0.25, 0.3) is 0 Å². The van der Waals surface area contributed by atoms with Crippen molar-refractivity contribution in [1.82, 2.24) is 9.36 Å². The number of anilines is 1. The third kappa shape index (κ3) is 3.43. The fourth-order valence-corrected chi connectivity index (χ4v) is 2.26. The highest BCUT2D eigenvalue weighted by atomic mass is 32.1. The Hall–Kier alpha value is -2.73. The summed E-state index contributed by atoms with van der Waals surface area (Å²) in [5, 5.41) is 2.96. The van der Waals surface area contributed by atoms with Gasteiger partial charge in [-0.05, 0) is 12.1 Å². The van der Waals surface area contributed by atoms with E-state index in [0.717, 1.165) is 17.1 Å². The lowest BCUT2D eigenvalue weighted by Crippen LogP contribution is -2.16. The van der Waals surface area contributed by atoms with Gasteiger partial charge in [-0.3, -0.25) is 5.32 Å². The Morgan fingerprint density at radius 3 is 2.38 bits per heavy atom. The van der Waals surface area contributed by atoms with Crippen molar-refractivity contribution in [1.29, 1.82) is 0 Å². The molecule has 104 valence electrons. The predicted molar refractivity (Wildman–Crippen MR) is 81.4 cm³/mol. The fourth-order valence-electron chi connectivity index (χ4n) is 1.69. The molecule has 1 N–H and O–H groups in total. The number of rotatable bonds is 3. The van der Waals surface area contributed by atoms with Crippen LogP contribution in [0.3, 0.4) is 0 Å². The average Bonchev–Trinajstić information content (AvgIpc) is 2.97. The van der Waals surface area contributed by atoms with E-state index in [1.165, 1.54) is 0 Å². The summed E-state index contributed by atoms with van der Waals surface area (Å²) in [5.41, 5.74) is 0.901. The van der Waals surface area contributed by atoms with Crippen molar-refractivity contribution >= 4 is 22.8 Å². The van der Waals surface area contributed by atoms with Gasteiger partial charge < -0.3 is 4.74 Å². The van der Waals surface area contributed by atoms with Gasteiger partial charge in [0.1, 0.15) is 5.75 Å². The van der Waals surface area contributed by atoms with Crippen LogP contribution in [0.5, 0.6) is 5.75 Å². The minimum Gasteiger partial charge on any atom is -0.410 e. The Morgan fingerprint density at radius 1 is 1.00 bits per heavy atom. The standard InChI is InChI=1S/C15H11N3O2S/c19-15(20-12-9-5-2-6-10-12)17-14-16-13(18-21-14)11-7-3-1-4-8-11/h1-10H,(H,16,17,18,19). The number of carbonyl (C=O) groups excluding carboxylic acids is 1. The molecule has 1 amide bonds. The summed E-state index contributed by atoms with van der Waals surface area (Å²) in [5.74, 6) is 1.05. The average molecular weight is 297 g/mol. The number of ether oxygens (including phenoxy) is 1. The van der Waals surface area contributed by atoms with Gasteiger partial charge in [0.05, 0.1) is 0 Å². The highest BCUT2D eigenvalue weighted by Crippen LogP contribution is 2.21. The molecule has 0 aliphatic rings. The van der Waals surface area contributed by atoms with Crippen LogP contribution in [0.4, 0.5) is 9.93 Å². The van der Waals surface area contributed by atoms with E-state index in [0.29, 0.717) is 16.7 Å². The second kappa shape index (κ2) is 6.15. The molecule has 0 atom stereocenters. The molecule has 3 aromatic rings. The summed E-state index contributed by atoms with van der Waals surface area (Å²) >= 11 is 1.11. The van der Waals surface area contributed by atoms with Crippen molar-refractivity contribution in [3.8, 4) is 17.1 Å². The van der Waals surface area contributed by atoms with Gasteiger partial charge in [0, 0.05) is 17.1 Å². The molecule has 21 heavy (non-hydrogen) atoms. The van der Waals surface area contributed by atoms with Crippen LogP contribution in [0.15, 0.2) is 60.7 Å². The second-order valence-electron chi connectivity index (χ2n) is 4.12. The number of carbonyl (C=O) groups is 1. The summed E-state index contributed by atoms with van der Waals surface area (Å²) in [6.45, 7) is 0. The maximum absolute atomic E-state index is 11.7. The number of hydrogen-bond acceptors (Lipinski definition) is 5. The molecule has 0 radical (unpaired) electrons. The van der Waals surface area contributed by atoms with E-state index < -0.39 is 6.09 Å². The Bertz CT molecular complexity index is 729. The molecule has 0 saturated carbocycles. The van der Waals surface area contributed by atoms with Crippen LogP contribution in [-0.4, -0.2) is 15.5 Å². The number of hydrogen-bond donors (Lipinski definition) is 1. The predicted octanol–water partition coefficient (Wildman–Crippen LogP) is 3.82. The topological polar surface area (TPSA) is 64.1 Å². The summed E-state index contributed by atoms with van der Waals surface area (Å²) < 4.78 is 9.33. The minimum atomic E-state index is -0.586. The maximum Gasteiger partial charge on any atom is 0.418 e. The van der Waals surface area contributed by atoms with Crippen LogP contribution >= 0.6 is 11.5 Å². The number of aromatic nitrogens is 2. The number of benzene rings is 2. The summed E-state index contributed by atoms with van der Waals surface area (Å²) in [6.07, 6.45) is -0.586. The number of nitrogens with zero attached hydrogens (tertiary/aromatic N) is 2. The normalized spacial score (nSPS) is 10.1. The summed E-state index contributed by atoms with van der Waals surface area (Å²) in [7, 11) is 0. The van der Waals surface area contributed by atoms with Crippen molar-refractivity contribution in [2.75, 3.05) is 5.32 Å². The van der Waals surface area contributed by atoms with E-state index in [-0.39, 0.29) is 0 Å². The molecule has 0 bridgehead atoms. The Kier molecular flexibility index (Phi) is 3.88. The van der Waals surface area contributed by atoms with E-state index in [1.807, 2.05) is 36.4 Å². The van der Waals surface area contributed by atoms with Crippen LogP contribution in [0.1, 0.15) is 0 Å². The second-order valence-corrected chi connectivity index (χ2v) is 4.87. The van der Waals surface area contributed by atoms with Crippen LogP contribution < -0.4 is 10.1 Å². The van der Waals surface area contributed by atoms with E-state index in [1.54, 1.807) is 24.3 Å². The zero-order valence-electron chi connectivity index (χ0n) is 10.9. The molecule has 0 saturated heterocycles. The van der Waals surface area contributed by atoms with Crippen LogP contribution in [0.2, 0.25) is 0 Å². The van der Waals surface area contributed by atoms with Gasteiger partial charge in [-0.2, -0.15) is 9.36 Å². The van der Waals surface area contributed by atoms with Gasteiger partial charge >= 0.3 is 6.09 Å². The molecule has 1 aromatic heterocycles. The highest BCUT2D eigenvalue weighted by Gasteiger charge is 2.10. The Morgan fingerprint density at radius 2 is 1.67 bits per heavy atom. The quantitative estimate of drug-likeness (QED) is 0.798. The molecule has 2 aromatic carbocycles. The fraction of sp³-hybridized carbons (Fsp3) is 0. The van der Waals surface area contributed by atoms with Gasteiger partial charge in [-0.15, -0.1) is 0 Å². The zero-order chi connectivity index (χ0) is 14.5. The molecular formula is C15H11N3O2S. The lowest BCUT2D eigenvalue weighted by atomic mass is 10.2. The molecule has 3 rings (SSSR count). The van der Waals surface area contributed by atoms with Gasteiger partial charge in [-0.25, -0.2) is 4.79 Å². The van der Waals surface area contributed by atoms with Crippen LogP contribution in [0, 0.1) is 0 Å². The smallest absolute Gasteiger partial charge is 0.410 e. The number of para-hydroxylation sites is 1. The molecule has 0 unspecified atom stereocenters. The first-order valence-corrected chi connectivity index (χ1v) is 7.01.